The second-order valence-corrected chi connectivity index (χ2v) is 2.61. The van der Waals surface area contributed by atoms with Crippen LogP contribution in [0.15, 0.2) is 24.3 Å². The van der Waals surface area contributed by atoms with Crippen molar-refractivity contribution in [3.8, 4) is 0 Å². The van der Waals surface area contributed by atoms with E-state index in [0.29, 0.717) is 0 Å². The third-order valence-corrected chi connectivity index (χ3v) is 1.58. The van der Waals surface area contributed by atoms with Gasteiger partial charge in [0.1, 0.15) is 0 Å². The number of benzene rings is 1. The van der Waals surface area contributed by atoms with E-state index in [0.717, 1.165) is 0 Å². The lowest BCUT2D eigenvalue weighted by atomic mass is 10.1. The van der Waals surface area contributed by atoms with Gasteiger partial charge in [-0.3, -0.25) is 0 Å². The second-order valence-electron chi connectivity index (χ2n) is 2.61. The molecule has 0 bridgehead atoms. The molecular formula is C9H8O6. The van der Waals surface area contributed by atoms with Crippen molar-refractivity contribution in [2.75, 3.05) is 0 Å². The first-order valence-electron chi connectivity index (χ1n) is 3.91. The zero-order valence-electron chi connectivity index (χ0n) is 7.45. The molecule has 0 amide bonds. The number of ether oxygens (including phenoxy) is 1. The molecule has 0 fully saturated rings. The highest BCUT2D eigenvalue weighted by molar-refractivity contribution is 5.92. The van der Waals surface area contributed by atoms with Gasteiger partial charge in [0.15, 0.2) is 0 Å². The van der Waals surface area contributed by atoms with Gasteiger partial charge in [-0.2, -0.15) is 0 Å². The minimum atomic E-state index is -2.18. The fraction of sp³-hybridized carbons (Fsp3) is 0.111. The third-order valence-electron chi connectivity index (χ3n) is 1.58. The maximum atomic E-state index is 11.0. The Morgan fingerprint density at radius 2 is 1.53 bits per heavy atom. The van der Waals surface area contributed by atoms with E-state index in [-0.39, 0.29) is 11.1 Å². The molecule has 80 valence electrons. The molecule has 0 atom stereocenters. The van der Waals surface area contributed by atoms with E-state index >= 15 is 0 Å². The van der Waals surface area contributed by atoms with Crippen LogP contribution in [0.1, 0.15) is 20.7 Å². The summed E-state index contributed by atoms with van der Waals surface area (Å²) in [7, 11) is 0. The van der Waals surface area contributed by atoms with E-state index in [1.54, 1.807) is 0 Å². The van der Waals surface area contributed by atoms with Crippen molar-refractivity contribution in [3.05, 3.63) is 35.4 Å². The molecule has 0 unspecified atom stereocenters. The normalized spacial score (nSPS) is 10.1. The molecule has 0 spiro atoms. The Bertz CT molecular complexity index is 367. The molecule has 0 heterocycles. The molecule has 0 aliphatic carbocycles. The second kappa shape index (κ2) is 4.54. The maximum absolute atomic E-state index is 11.0. The number of carboxylic acids is 1. The molecule has 1 aromatic rings. The Morgan fingerprint density at radius 1 is 1.07 bits per heavy atom. The first-order chi connectivity index (χ1) is 7.00. The van der Waals surface area contributed by atoms with Crippen molar-refractivity contribution in [2.45, 2.75) is 6.48 Å². The van der Waals surface area contributed by atoms with Crippen molar-refractivity contribution in [3.63, 3.8) is 0 Å². The summed E-state index contributed by atoms with van der Waals surface area (Å²) in [6.07, 6.45) is 0. The Hall–Kier alpha value is -1.92. The van der Waals surface area contributed by atoms with E-state index in [2.05, 4.69) is 4.74 Å². The number of carbonyl (C=O) groups is 2. The highest BCUT2D eigenvalue weighted by Gasteiger charge is 2.11. The van der Waals surface area contributed by atoms with Gasteiger partial charge in [0.05, 0.1) is 11.1 Å². The SMILES string of the molecule is O=C(O)c1ccc(C(=O)OC(O)O)cc1. The summed E-state index contributed by atoms with van der Waals surface area (Å²) in [6, 6.07) is 4.85. The highest BCUT2D eigenvalue weighted by Crippen LogP contribution is 2.06. The third kappa shape index (κ3) is 3.04. The first kappa shape index (κ1) is 11.2. The molecular weight excluding hydrogens is 204 g/mol. The topological polar surface area (TPSA) is 104 Å². The summed E-state index contributed by atoms with van der Waals surface area (Å²) in [4.78, 5) is 21.5. The van der Waals surface area contributed by atoms with E-state index in [4.69, 9.17) is 15.3 Å². The number of aromatic carboxylic acids is 1. The van der Waals surface area contributed by atoms with Crippen LogP contribution in [0.4, 0.5) is 0 Å². The number of aliphatic hydroxyl groups is 2. The standard InChI is InChI=1S/C9H8O6/c10-7(11)5-1-3-6(4-2-5)8(12)15-9(13)14/h1-4,9,13-14H,(H,10,11). The van der Waals surface area contributed by atoms with Gasteiger partial charge < -0.3 is 20.1 Å². The fourth-order valence-corrected chi connectivity index (χ4v) is 0.913. The summed E-state index contributed by atoms with van der Waals surface area (Å²) in [5.74, 6) is -2.06. The maximum Gasteiger partial charge on any atom is 0.342 e. The minimum Gasteiger partial charge on any atom is -0.478 e. The molecule has 0 saturated carbocycles. The summed E-state index contributed by atoms with van der Waals surface area (Å²) >= 11 is 0. The van der Waals surface area contributed by atoms with Crippen LogP contribution < -0.4 is 0 Å². The molecule has 0 aliphatic rings. The number of carbonyl (C=O) groups excluding carboxylic acids is 1. The van der Waals surface area contributed by atoms with Gasteiger partial charge in [0, 0.05) is 0 Å². The summed E-state index contributed by atoms with van der Waals surface area (Å²) < 4.78 is 4.06. The van der Waals surface area contributed by atoms with E-state index < -0.39 is 18.4 Å². The van der Waals surface area contributed by atoms with Gasteiger partial charge in [-0.25, -0.2) is 9.59 Å². The molecule has 6 nitrogen and oxygen atoms in total. The molecule has 0 aliphatic heterocycles. The first-order valence-corrected chi connectivity index (χ1v) is 3.91. The summed E-state index contributed by atoms with van der Waals surface area (Å²) in [5.41, 5.74) is 0.0594. The van der Waals surface area contributed by atoms with Crippen LogP contribution in [0.5, 0.6) is 0 Å². The molecule has 1 aromatic carbocycles. The number of esters is 1. The fourth-order valence-electron chi connectivity index (χ4n) is 0.913. The highest BCUT2D eigenvalue weighted by atomic mass is 16.7. The van der Waals surface area contributed by atoms with E-state index in [1.165, 1.54) is 24.3 Å². The van der Waals surface area contributed by atoms with E-state index in [1.807, 2.05) is 0 Å². The smallest absolute Gasteiger partial charge is 0.342 e. The molecule has 3 N–H and O–H groups in total. The van der Waals surface area contributed by atoms with Gasteiger partial charge in [-0.1, -0.05) is 0 Å². The van der Waals surface area contributed by atoms with Crippen molar-refractivity contribution >= 4 is 11.9 Å². The van der Waals surface area contributed by atoms with Crippen molar-refractivity contribution in [2.24, 2.45) is 0 Å². The van der Waals surface area contributed by atoms with Crippen LogP contribution in [0.2, 0.25) is 0 Å². The molecule has 15 heavy (non-hydrogen) atoms. The van der Waals surface area contributed by atoms with Gasteiger partial charge in [-0.15, -0.1) is 0 Å². The number of hydrogen-bond donors (Lipinski definition) is 3. The van der Waals surface area contributed by atoms with Crippen LogP contribution in [0.25, 0.3) is 0 Å². The Morgan fingerprint density at radius 3 is 1.93 bits per heavy atom. The molecule has 1 rings (SSSR count). The lowest BCUT2D eigenvalue weighted by Crippen LogP contribution is -2.16. The Labute approximate surface area is 84.3 Å². The van der Waals surface area contributed by atoms with E-state index in [9.17, 15) is 9.59 Å². The van der Waals surface area contributed by atoms with Gasteiger partial charge in [0.25, 0.3) is 0 Å². The zero-order chi connectivity index (χ0) is 11.4. The summed E-state index contributed by atoms with van der Waals surface area (Å²) in [6.45, 7) is -2.18. The van der Waals surface area contributed by atoms with Crippen LogP contribution in [-0.4, -0.2) is 33.7 Å². The van der Waals surface area contributed by atoms with Gasteiger partial charge in [-0.05, 0) is 24.3 Å². The largest absolute Gasteiger partial charge is 0.478 e. The average Bonchev–Trinajstić information content (AvgIpc) is 2.17. The predicted octanol–water partition coefficient (Wildman–Crippen LogP) is -0.190. The average molecular weight is 212 g/mol. The van der Waals surface area contributed by atoms with Crippen LogP contribution in [0.3, 0.4) is 0 Å². The number of hydrogen-bond acceptors (Lipinski definition) is 5. The Balaban J connectivity index is 2.80. The van der Waals surface area contributed by atoms with Gasteiger partial charge in [0.2, 0.25) is 0 Å². The molecule has 0 saturated heterocycles. The lowest BCUT2D eigenvalue weighted by Gasteiger charge is -2.05. The predicted molar refractivity (Wildman–Crippen MR) is 47.0 cm³/mol. The van der Waals surface area contributed by atoms with Crippen molar-refractivity contribution < 1.29 is 29.6 Å². The Kier molecular flexibility index (Phi) is 3.37. The molecule has 0 radical (unpaired) electrons. The van der Waals surface area contributed by atoms with Crippen molar-refractivity contribution in [1.29, 1.82) is 0 Å². The van der Waals surface area contributed by atoms with Crippen LogP contribution >= 0.6 is 0 Å². The van der Waals surface area contributed by atoms with Crippen LogP contribution in [-0.2, 0) is 4.74 Å². The zero-order valence-corrected chi connectivity index (χ0v) is 7.45. The number of aliphatic hydroxyl groups excluding tert-OH is 1. The number of rotatable bonds is 3. The molecule has 6 heteroatoms. The monoisotopic (exact) mass is 212 g/mol. The van der Waals surface area contributed by atoms with Crippen molar-refractivity contribution in [1.82, 2.24) is 0 Å². The number of carboxylic acid groups (broad SMARTS) is 1. The van der Waals surface area contributed by atoms with Gasteiger partial charge >= 0.3 is 18.4 Å². The lowest BCUT2D eigenvalue weighted by molar-refractivity contribution is -0.200. The minimum absolute atomic E-state index is 0.0242. The molecule has 0 aromatic heterocycles. The summed E-state index contributed by atoms with van der Waals surface area (Å²) in [5, 5.41) is 25.3. The quantitative estimate of drug-likeness (QED) is 0.474. The van der Waals surface area contributed by atoms with Crippen LogP contribution in [0, 0.1) is 0 Å².